The van der Waals surface area contributed by atoms with Gasteiger partial charge in [0.1, 0.15) is 5.60 Å². The summed E-state index contributed by atoms with van der Waals surface area (Å²) in [5.41, 5.74) is -1.33. The highest BCUT2D eigenvalue weighted by Crippen LogP contribution is 2.30. The Kier molecular flexibility index (Phi) is 6.73. The largest absolute Gasteiger partial charge is 0.444 e. The lowest BCUT2D eigenvalue weighted by atomic mass is 10.1. The monoisotopic (exact) mass is 353 g/mol. The lowest BCUT2D eigenvalue weighted by Crippen LogP contribution is -2.33. The van der Waals surface area contributed by atoms with E-state index in [1.54, 1.807) is 20.8 Å². The zero-order valence-electron chi connectivity index (χ0n) is 13.4. The van der Waals surface area contributed by atoms with Crippen LogP contribution in [0.15, 0.2) is 4.90 Å². The first-order valence-corrected chi connectivity index (χ1v) is 8.16. The second kappa shape index (κ2) is 7.90. The van der Waals surface area contributed by atoms with Crippen molar-refractivity contribution in [2.24, 2.45) is 0 Å². The van der Waals surface area contributed by atoms with Crippen LogP contribution in [0.1, 0.15) is 32.8 Å². The Bertz CT molecular complexity index is 559. The highest BCUT2D eigenvalue weighted by Gasteiger charge is 2.24. The number of hydrogen-bond donors (Lipinski definition) is 1. The van der Waals surface area contributed by atoms with Crippen molar-refractivity contribution in [1.82, 2.24) is 5.32 Å². The number of nitrogens with one attached hydrogen (secondary N) is 1. The molecule has 0 aromatic heterocycles. The first-order valence-electron chi connectivity index (χ1n) is 6.94. The Hall–Kier alpha value is -1.44. The van der Waals surface area contributed by atoms with Crippen molar-refractivity contribution in [2.45, 2.75) is 44.1 Å². The molecular formula is C15H19F4NO2S. The van der Waals surface area contributed by atoms with Gasteiger partial charge in [-0.25, -0.2) is 22.4 Å². The molecule has 0 bridgehead atoms. The number of ether oxygens (including phenoxy) is 1. The Morgan fingerprint density at radius 3 is 2.04 bits per heavy atom. The van der Waals surface area contributed by atoms with E-state index in [4.69, 9.17) is 4.74 Å². The number of hydrogen-bond acceptors (Lipinski definition) is 3. The number of carbonyl (C=O) groups is 1. The van der Waals surface area contributed by atoms with E-state index in [2.05, 4.69) is 5.32 Å². The number of carbonyl (C=O) groups excluding carboxylic acids is 1. The molecule has 0 aliphatic carbocycles. The van der Waals surface area contributed by atoms with Gasteiger partial charge in [-0.2, -0.15) is 0 Å². The van der Waals surface area contributed by atoms with Crippen LogP contribution in [-0.4, -0.2) is 24.5 Å². The molecule has 1 aromatic rings. The highest BCUT2D eigenvalue weighted by atomic mass is 32.2. The Balaban J connectivity index is 2.68. The number of alkyl carbamates (subject to hydrolysis) is 1. The van der Waals surface area contributed by atoms with Crippen LogP contribution in [0.25, 0.3) is 0 Å². The Morgan fingerprint density at radius 1 is 1.09 bits per heavy atom. The molecule has 23 heavy (non-hydrogen) atoms. The second-order valence-corrected chi connectivity index (χ2v) is 6.62. The van der Waals surface area contributed by atoms with Crippen LogP contribution in [0.5, 0.6) is 0 Å². The number of benzene rings is 1. The van der Waals surface area contributed by atoms with Crippen LogP contribution in [0.4, 0.5) is 22.4 Å². The summed E-state index contributed by atoms with van der Waals surface area (Å²) in [5.74, 6) is -5.59. The highest BCUT2D eigenvalue weighted by molar-refractivity contribution is 7.98. The normalized spacial score (nSPS) is 11.5. The van der Waals surface area contributed by atoms with E-state index in [1.165, 1.54) is 6.26 Å². The molecule has 0 unspecified atom stereocenters. The Labute approximate surface area is 136 Å². The van der Waals surface area contributed by atoms with Gasteiger partial charge in [0.05, 0.1) is 4.90 Å². The molecule has 1 aromatic carbocycles. The molecule has 0 aliphatic heterocycles. The van der Waals surface area contributed by atoms with Crippen LogP contribution in [0, 0.1) is 23.3 Å². The first kappa shape index (κ1) is 19.6. The summed E-state index contributed by atoms with van der Waals surface area (Å²) >= 11 is 0.593. The van der Waals surface area contributed by atoms with Gasteiger partial charge in [0.25, 0.3) is 0 Å². The predicted octanol–water partition coefficient (Wildman–Crippen LogP) is 4.42. The van der Waals surface area contributed by atoms with Crippen molar-refractivity contribution >= 4 is 17.9 Å². The van der Waals surface area contributed by atoms with Gasteiger partial charge < -0.3 is 10.1 Å². The smallest absolute Gasteiger partial charge is 0.407 e. The maximum Gasteiger partial charge on any atom is 0.407 e. The van der Waals surface area contributed by atoms with Crippen molar-refractivity contribution in [2.75, 3.05) is 12.8 Å². The molecule has 3 nitrogen and oxygen atoms in total. The van der Waals surface area contributed by atoms with E-state index in [1.807, 2.05) is 0 Å². The summed E-state index contributed by atoms with van der Waals surface area (Å²) in [6.45, 7) is 5.13. The van der Waals surface area contributed by atoms with Crippen LogP contribution in [-0.2, 0) is 11.2 Å². The standard InChI is InChI=1S/C15H19F4NO2S/c1-15(2,3)22-14(21)20-7-5-6-8-9(16)11(18)13(23-4)12(19)10(8)17/h5-7H2,1-4H3,(H,20,21). The fourth-order valence-electron chi connectivity index (χ4n) is 1.83. The molecule has 0 aliphatic rings. The van der Waals surface area contributed by atoms with Crippen molar-refractivity contribution < 1.29 is 27.1 Å². The second-order valence-electron chi connectivity index (χ2n) is 5.80. The number of amides is 1. The molecule has 1 amide bonds. The van der Waals surface area contributed by atoms with Gasteiger partial charge >= 0.3 is 6.09 Å². The molecule has 0 atom stereocenters. The zero-order chi connectivity index (χ0) is 17.8. The average molecular weight is 353 g/mol. The predicted molar refractivity (Wildman–Crippen MR) is 80.6 cm³/mol. The number of halogens is 4. The summed E-state index contributed by atoms with van der Waals surface area (Å²) in [5, 5.41) is 2.40. The van der Waals surface area contributed by atoms with Gasteiger partial charge in [0.15, 0.2) is 23.3 Å². The minimum absolute atomic E-state index is 0.0569. The molecule has 0 radical (unpaired) electrons. The summed E-state index contributed by atoms with van der Waals surface area (Å²) < 4.78 is 59.8. The van der Waals surface area contributed by atoms with Crippen LogP contribution in [0.2, 0.25) is 0 Å². The molecule has 0 heterocycles. The van der Waals surface area contributed by atoms with Gasteiger partial charge in [0.2, 0.25) is 0 Å². The van der Waals surface area contributed by atoms with Crippen molar-refractivity contribution in [3.05, 3.63) is 28.8 Å². The molecule has 0 fully saturated rings. The SMILES string of the molecule is CSc1c(F)c(F)c(CCCNC(=O)OC(C)(C)C)c(F)c1F. The Morgan fingerprint density at radius 2 is 1.61 bits per heavy atom. The van der Waals surface area contributed by atoms with Gasteiger partial charge in [-0.1, -0.05) is 0 Å². The van der Waals surface area contributed by atoms with E-state index in [-0.39, 0.29) is 19.4 Å². The third kappa shape index (κ3) is 5.30. The third-order valence-corrected chi connectivity index (χ3v) is 3.56. The van der Waals surface area contributed by atoms with E-state index < -0.39 is 45.4 Å². The van der Waals surface area contributed by atoms with Crippen LogP contribution < -0.4 is 5.32 Å². The minimum Gasteiger partial charge on any atom is -0.444 e. The summed E-state index contributed by atoms with van der Waals surface area (Å²) in [4.78, 5) is 10.7. The van der Waals surface area contributed by atoms with E-state index >= 15 is 0 Å². The summed E-state index contributed by atoms with van der Waals surface area (Å²) in [7, 11) is 0. The molecule has 1 rings (SSSR count). The molecule has 1 N–H and O–H groups in total. The van der Waals surface area contributed by atoms with Crippen LogP contribution >= 0.6 is 11.8 Å². The summed E-state index contributed by atoms with van der Waals surface area (Å²) in [6, 6.07) is 0. The lowest BCUT2D eigenvalue weighted by Gasteiger charge is -2.19. The quantitative estimate of drug-likeness (QED) is 0.368. The lowest BCUT2D eigenvalue weighted by molar-refractivity contribution is 0.0527. The maximum absolute atomic E-state index is 13.8. The third-order valence-electron chi connectivity index (χ3n) is 2.79. The molecule has 0 spiro atoms. The van der Waals surface area contributed by atoms with Gasteiger partial charge in [0, 0.05) is 12.1 Å². The molecule has 0 saturated carbocycles. The first-order chi connectivity index (χ1) is 10.6. The topological polar surface area (TPSA) is 38.3 Å². The van der Waals surface area contributed by atoms with Gasteiger partial charge in [-0.05, 0) is 39.9 Å². The van der Waals surface area contributed by atoms with Gasteiger partial charge in [-0.15, -0.1) is 11.8 Å². The fourth-order valence-corrected chi connectivity index (χ4v) is 2.36. The van der Waals surface area contributed by atoms with E-state index in [0.717, 1.165) is 0 Å². The fraction of sp³-hybridized carbons (Fsp3) is 0.533. The molecule has 0 saturated heterocycles. The number of rotatable bonds is 5. The van der Waals surface area contributed by atoms with E-state index in [9.17, 15) is 22.4 Å². The average Bonchev–Trinajstić information content (AvgIpc) is 2.43. The van der Waals surface area contributed by atoms with Crippen molar-refractivity contribution in [1.29, 1.82) is 0 Å². The van der Waals surface area contributed by atoms with Gasteiger partial charge in [-0.3, -0.25) is 0 Å². The zero-order valence-corrected chi connectivity index (χ0v) is 14.2. The minimum atomic E-state index is -1.40. The van der Waals surface area contributed by atoms with Crippen molar-refractivity contribution in [3.63, 3.8) is 0 Å². The van der Waals surface area contributed by atoms with Crippen LogP contribution in [0.3, 0.4) is 0 Å². The van der Waals surface area contributed by atoms with E-state index in [0.29, 0.717) is 11.8 Å². The molecule has 8 heteroatoms. The maximum atomic E-state index is 13.8. The molecular weight excluding hydrogens is 334 g/mol. The number of thioether (sulfide) groups is 1. The molecule has 130 valence electrons. The van der Waals surface area contributed by atoms with Crippen molar-refractivity contribution in [3.8, 4) is 0 Å². The summed E-state index contributed by atoms with van der Waals surface area (Å²) in [6.07, 6.45) is 0.499.